The number of rotatable bonds is 6. The lowest BCUT2D eigenvalue weighted by Crippen LogP contribution is -2.08. The molecular weight excluding hydrogens is 424 g/mol. The molecule has 1 aromatic heterocycles. The SMILES string of the molecule is N#CC1(c2ccccc2-c2cccc3c2CC[C@H]3Cc2cnc3c(c2)OCC3CC(=O)O)CC1. The largest absolute Gasteiger partial charge is 0.491 e. The predicted octanol–water partition coefficient (Wildman–Crippen LogP) is 5.53. The molecule has 2 atom stereocenters. The van der Waals surface area contributed by atoms with Crippen LogP contribution >= 0.6 is 0 Å². The molecule has 170 valence electrons. The molecule has 1 aliphatic heterocycles. The minimum absolute atomic E-state index is 0.0483. The van der Waals surface area contributed by atoms with Crippen molar-refractivity contribution in [3.8, 4) is 22.9 Å². The van der Waals surface area contributed by atoms with Crippen molar-refractivity contribution >= 4 is 5.97 Å². The normalized spacial score (nSPS) is 21.3. The van der Waals surface area contributed by atoms with Crippen LogP contribution in [0.4, 0.5) is 0 Å². The average molecular weight is 451 g/mol. The van der Waals surface area contributed by atoms with Crippen LogP contribution in [0.5, 0.6) is 5.75 Å². The summed E-state index contributed by atoms with van der Waals surface area (Å²) in [6, 6.07) is 19.6. The van der Waals surface area contributed by atoms with Crippen LogP contribution in [0.2, 0.25) is 0 Å². The number of fused-ring (bicyclic) bond motifs is 2. The van der Waals surface area contributed by atoms with Crippen molar-refractivity contribution in [2.45, 2.75) is 55.8 Å². The van der Waals surface area contributed by atoms with E-state index in [0.717, 1.165) is 49.1 Å². The lowest BCUT2D eigenvalue weighted by molar-refractivity contribution is -0.137. The van der Waals surface area contributed by atoms with E-state index in [2.05, 4.69) is 47.5 Å². The number of pyridine rings is 1. The second-order valence-electron chi connectivity index (χ2n) is 9.89. The second-order valence-corrected chi connectivity index (χ2v) is 9.89. The van der Waals surface area contributed by atoms with Gasteiger partial charge < -0.3 is 9.84 Å². The maximum absolute atomic E-state index is 11.1. The van der Waals surface area contributed by atoms with Crippen LogP contribution in [-0.2, 0) is 23.1 Å². The third kappa shape index (κ3) is 3.45. The minimum Gasteiger partial charge on any atom is -0.491 e. The second kappa shape index (κ2) is 7.99. The van der Waals surface area contributed by atoms with E-state index in [0.29, 0.717) is 12.5 Å². The molecule has 0 amide bonds. The molecule has 0 saturated heterocycles. The first-order chi connectivity index (χ1) is 16.6. The van der Waals surface area contributed by atoms with E-state index in [-0.39, 0.29) is 17.8 Å². The first-order valence-electron chi connectivity index (χ1n) is 12.0. The van der Waals surface area contributed by atoms with E-state index in [1.54, 1.807) is 0 Å². The summed E-state index contributed by atoms with van der Waals surface area (Å²) < 4.78 is 5.77. The fourth-order valence-corrected chi connectivity index (χ4v) is 5.86. The fourth-order valence-electron chi connectivity index (χ4n) is 5.86. The van der Waals surface area contributed by atoms with E-state index >= 15 is 0 Å². The summed E-state index contributed by atoms with van der Waals surface area (Å²) in [4.78, 5) is 15.7. The Kier molecular flexibility index (Phi) is 4.91. The molecule has 2 aromatic carbocycles. The zero-order valence-electron chi connectivity index (χ0n) is 19.0. The van der Waals surface area contributed by atoms with Gasteiger partial charge >= 0.3 is 5.97 Å². The molecule has 3 aromatic rings. The van der Waals surface area contributed by atoms with Gasteiger partial charge in [0.15, 0.2) is 0 Å². The van der Waals surface area contributed by atoms with Gasteiger partial charge in [0.1, 0.15) is 5.75 Å². The topological polar surface area (TPSA) is 83.2 Å². The standard InChI is InChI=1S/C29H26N2O3/c30-17-29(10-11-29)25-7-2-1-4-24(25)22-6-3-5-21-19(8-9-23(21)22)12-18-13-26-28(31-15-18)20(16-34-26)14-27(32)33/h1-7,13,15,19-20H,8-12,14,16H2,(H,32,33)/t19-,20?/m0/s1. The first kappa shape index (κ1) is 20.9. The molecule has 34 heavy (non-hydrogen) atoms. The molecule has 0 radical (unpaired) electrons. The third-order valence-electron chi connectivity index (χ3n) is 7.76. The van der Waals surface area contributed by atoms with Crippen LogP contribution in [0.25, 0.3) is 11.1 Å². The number of aliphatic carboxylic acids is 1. The highest BCUT2D eigenvalue weighted by Gasteiger charge is 2.46. The molecule has 6 rings (SSSR count). The maximum Gasteiger partial charge on any atom is 0.304 e. The fraction of sp³-hybridized carbons (Fsp3) is 0.345. The van der Waals surface area contributed by atoms with Crippen molar-refractivity contribution in [1.82, 2.24) is 4.98 Å². The Hall–Kier alpha value is -3.65. The molecule has 0 spiro atoms. The van der Waals surface area contributed by atoms with Gasteiger partial charge in [-0.25, -0.2) is 0 Å². The first-order valence-corrected chi connectivity index (χ1v) is 12.0. The summed E-state index contributed by atoms with van der Waals surface area (Å²) in [5.41, 5.74) is 8.01. The van der Waals surface area contributed by atoms with Gasteiger partial charge in [0.2, 0.25) is 0 Å². The number of hydrogen-bond acceptors (Lipinski definition) is 4. The van der Waals surface area contributed by atoms with Gasteiger partial charge in [-0.05, 0) is 77.5 Å². The van der Waals surface area contributed by atoms with Gasteiger partial charge in [0, 0.05) is 12.1 Å². The van der Waals surface area contributed by atoms with Gasteiger partial charge in [-0.1, -0.05) is 42.5 Å². The summed E-state index contributed by atoms with van der Waals surface area (Å²) in [6.07, 6.45) is 6.82. The van der Waals surface area contributed by atoms with E-state index in [1.807, 2.05) is 18.3 Å². The summed E-state index contributed by atoms with van der Waals surface area (Å²) in [5.74, 6) is 0.147. The Bertz CT molecular complexity index is 1340. The number of carboxylic acids is 1. The molecule has 0 bridgehead atoms. The van der Waals surface area contributed by atoms with E-state index in [1.165, 1.54) is 27.8 Å². The number of aromatic nitrogens is 1. The maximum atomic E-state index is 11.1. The average Bonchev–Trinajstić information content (AvgIpc) is 3.41. The van der Waals surface area contributed by atoms with E-state index in [9.17, 15) is 10.1 Å². The van der Waals surface area contributed by atoms with Crippen molar-refractivity contribution in [1.29, 1.82) is 5.26 Å². The molecule has 2 aliphatic carbocycles. The number of nitrogens with zero attached hydrogens (tertiary/aromatic N) is 2. The summed E-state index contributed by atoms with van der Waals surface area (Å²) in [5, 5.41) is 18.9. The van der Waals surface area contributed by atoms with Gasteiger partial charge in [-0.3, -0.25) is 9.78 Å². The van der Waals surface area contributed by atoms with Crippen molar-refractivity contribution in [2.24, 2.45) is 0 Å². The molecule has 2 heterocycles. The van der Waals surface area contributed by atoms with Crippen LogP contribution in [0.3, 0.4) is 0 Å². The molecule has 5 heteroatoms. The Labute approximate surface area is 199 Å². The van der Waals surface area contributed by atoms with Crippen LogP contribution in [0, 0.1) is 11.3 Å². The summed E-state index contributed by atoms with van der Waals surface area (Å²) >= 11 is 0. The highest BCUT2D eigenvalue weighted by atomic mass is 16.5. The van der Waals surface area contributed by atoms with Gasteiger partial charge in [0.25, 0.3) is 0 Å². The predicted molar refractivity (Wildman–Crippen MR) is 128 cm³/mol. The van der Waals surface area contributed by atoms with E-state index in [4.69, 9.17) is 9.84 Å². The summed E-state index contributed by atoms with van der Waals surface area (Å²) in [7, 11) is 0. The number of hydrogen-bond donors (Lipinski definition) is 1. The highest BCUT2D eigenvalue weighted by molar-refractivity contribution is 5.75. The van der Waals surface area contributed by atoms with Crippen molar-refractivity contribution < 1.29 is 14.6 Å². The Balaban J connectivity index is 1.29. The molecule has 3 aliphatic rings. The number of carboxylic acid groups (broad SMARTS) is 1. The van der Waals surface area contributed by atoms with Crippen LogP contribution in [0.1, 0.15) is 65.5 Å². The minimum atomic E-state index is -0.824. The van der Waals surface area contributed by atoms with Gasteiger partial charge in [-0.15, -0.1) is 0 Å². The van der Waals surface area contributed by atoms with Gasteiger partial charge in [-0.2, -0.15) is 5.26 Å². The van der Waals surface area contributed by atoms with Crippen LogP contribution < -0.4 is 4.74 Å². The molecule has 1 N–H and O–H groups in total. The molecular formula is C29H26N2O3. The van der Waals surface area contributed by atoms with Crippen molar-refractivity contribution in [3.63, 3.8) is 0 Å². The highest BCUT2D eigenvalue weighted by Crippen LogP contribution is 2.52. The van der Waals surface area contributed by atoms with Crippen LogP contribution in [-0.4, -0.2) is 22.7 Å². The van der Waals surface area contributed by atoms with Crippen molar-refractivity contribution in [2.75, 3.05) is 6.61 Å². The molecule has 5 nitrogen and oxygen atoms in total. The number of carbonyl (C=O) groups is 1. The quantitative estimate of drug-likeness (QED) is 0.534. The zero-order valence-corrected chi connectivity index (χ0v) is 19.0. The molecule has 1 fully saturated rings. The molecule has 1 unspecified atom stereocenters. The smallest absolute Gasteiger partial charge is 0.304 e. The monoisotopic (exact) mass is 450 g/mol. The Morgan fingerprint density at radius 1 is 1.15 bits per heavy atom. The zero-order chi connectivity index (χ0) is 23.3. The number of nitriles is 1. The number of benzene rings is 2. The molecule has 1 saturated carbocycles. The lowest BCUT2D eigenvalue weighted by Gasteiger charge is -2.17. The van der Waals surface area contributed by atoms with E-state index < -0.39 is 5.97 Å². The summed E-state index contributed by atoms with van der Waals surface area (Å²) in [6.45, 7) is 0.386. The Morgan fingerprint density at radius 2 is 1.97 bits per heavy atom. The lowest BCUT2D eigenvalue weighted by atomic mass is 9.86. The van der Waals surface area contributed by atoms with Gasteiger partial charge in [0.05, 0.1) is 30.2 Å². The van der Waals surface area contributed by atoms with Crippen LogP contribution in [0.15, 0.2) is 54.7 Å². The van der Waals surface area contributed by atoms with Crippen molar-refractivity contribution in [3.05, 3.63) is 82.7 Å². The Morgan fingerprint density at radius 3 is 2.76 bits per heavy atom. The number of ether oxygens (including phenoxy) is 1. The third-order valence-corrected chi connectivity index (χ3v) is 7.76.